The second-order valence-corrected chi connectivity index (χ2v) is 9.01. The molecule has 1 unspecified atom stereocenters. The first-order valence-electron chi connectivity index (χ1n) is 12.3. The summed E-state index contributed by atoms with van der Waals surface area (Å²) >= 11 is 5.74. The second kappa shape index (κ2) is 12.3. The number of benzene rings is 3. The summed E-state index contributed by atoms with van der Waals surface area (Å²) in [5.41, 5.74) is 2.63. The SMILES string of the molecule is CCOC(=O)c1ccc(NC(=O)CC2C(=O)N(c3ccc(OC)cc3)C(=S)N2CCc2ccccc2)cc1. The maximum absolute atomic E-state index is 13.6. The van der Waals surface area contributed by atoms with E-state index in [2.05, 4.69) is 5.32 Å². The lowest BCUT2D eigenvalue weighted by molar-refractivity contribution is -0.124. The molecule has 0 aromatic heterocycles. The largest absolute Gasteiger partial charge is 0.497 e. The summed E-state index contributed by atoms with van der Waals surface area (Å²) < 4.78 is 10.2. The van der Waals surface area contributed by atoms with Crippen LogP contribution in [0.3, 0.4) is 0 Å². The molecule has 0 spiro atoms. The Balaban J connectivity index is 1.51. The van der Waals surface area contributed by atoms with Gasteiger partial charge in [0.15, 0.2) is 5.11 Å². The normalized spacial score (nSPS) is 14.9. The predicted molar refractivity (Wildman–Crippen MR) is 149 cm³/mol. The Kier molecular flexibility index (Phi) is 8.70. The molecule has 8 nitrogen and oxygen atoms in total. The molecule has 1 atom stereocenters. The van der Waals surface area contributed by atoms with Crippen LogP contribution in [-0.2, 0) is 20.7 Å². The third-order valence-electron chi connectivity index (χ3n) is 6.19. The number of anilines is 2. The van der Waals surface area contributed by atoms with E-state index in [0.717, 1.165) is 5.56 Å². The van der Waals surface area contributed by atoms with Gasteiger partial charge in [0.2, 0.25) is 5.91 Å². The van der Waals surface area contributed by atoms with Gasteiger partial charge in [-0.15, -0.1) is 0 Å². The molecule has 1 saturated heterocycles. The van der Waals surface area contributed by atoms with E-state index in [1.165, 1.54) is 4.90 Å². The number of rotatable bonds is 10. The second-order valence-electron chi connectivity index (χ2n) is 8.65. The number of nitrogens with zero attached hydrogens (tertiary/aromatic N) is 2. The van der Waals surface area contributed by atoms with Crippen molar-refractivity contribution in [3.8, 4) is 5.75 Å². The number of hydrogen-bond donors (Lipinski definition) is 1. The minimum absolute atomic E-state index is 0.0833. The quantitative estimate of drug-likeness (QED) is 0.306. The van der Waals surface area contributed by atoms with Crippen molar-refractivity contribution in [2.45, 2.75) is 25.8 Å². The Morgan fingerprint density at radius 2 is 1.66 bits per heavy atom. The van der Waals surface area contributed by atoms with Crippen molar-refractivity contribution in [3.05, 3.63) is 90.0 Å². The molecule has 1 N–H and O–H groups in total. The lowest BCUT2D eigenvalue weighted by Crippen LogP contribution is -2.39. The van der Waals surface area contributed by atoms with Crippen LogP contribution >= 0.6 is 12.2 Å². The lowest BCUT2D eigenvalue weighted by atomic mass is 10.1. The van der Waals surface area contributed by atoms with Gasteiger partial charge in [-0.2, -0.15) is 0 Å². The van der Waals surface area contributed by atoms with Crippen molar-refractivity contribution in [2.75, 3.05) is 30.5 Å². The van der Waals surface area contributed by atoms with Crippen LogP contribution < -0.4 is 15.0 Å². The highest BCUT2D eigenvalue weighted by atomic mass is 32.1. The number of ether oxygens (including phenoxy) is 2. The molecule has 1 aliphatic rings. The molecular weight excluding hydrogens is 502 g/mol. The van der Waals surface area contributed by atoms with E-state index in [9.17, 15) is 14.4 Å². The number of methoxy groups -OCH3 is 1. The first-order valence-corrected chi connectivity index (χ1v) is 12.7. The summed E-state index contributed by atoms with van der Waals surface area (Å²) in [6, 6.07) is 22.6. The van der Waals surface area contributed by atoms with Gasteiger partial charge in [0.05, 0.1) is 31.4 Å². The summed E-state index contributed by atoms with van der Waals surface area (Å²) in [7, 11) is 1.57. The molecule has 196 valence electrons. The minimum atomic E-state index is -0.757. The molecule has 3 aromatic carbocycles. The topological polar surface area (TPSA) is 88.2 Å². The molecule has 2 amide bonds. The van der Waals surface area contributed by atoms with Gasteiger partial charge in [0.25, 0.3) is 5.91 Å². The van der Waals surface area contributed by atoms with Crippen molar-refractivity contribution in [3.63, 3.8) is 0 Å². The first-order chi connectivity index (χ1) is 18.4. The first kappa shape index (κ1) is 26.8. The molecule has 1 fully saturated rings. The number of amides is 2. The van der Waals surface area contributed by atoms with Gasteiger partial charge in [-0.1, -0.05) is 30.3 Å². The average Bonchev–Trinajstić information content (AvgIpc) is 3.16. The van der Waals surface area contributed by atoms with Gasteiger partial charge in [0.1, 0.15) is 11.8 Å². The zero-order valence-corrected chi connectivity index (χ0v) is 22.1. The number of carbonyl (C=O) groups is 3. The van der Waals surface area contributed by atoms with Crippen LogP contribution in [0.15, 0.2) is 78.9 Å². The van der Waals surface area contributed by atoms with Gasteiger partial charge in [0, 0.05) is 12.2 Å². The molecule has 4 rings (SSSR count). The number of hydrogen-bond acceptors (Lipinski definition) is 6. The zero-order chi connectivity index (χ0) is 27.1. The third kappa shape index (κ3) is 6.18. The Hall–Kier alpha value is -4.24. The van der Waals surface area contributed by atoms with Gasteiger partial charge < -0.3 is 19.7 Å². The minimum Gasteiger partial charge on any atom is -0.497 e. The lowest BCUT2D eigenvalue weighted by Gasteiger charge is -2.24. The Morgan fingerprint density at radius 3 is 2.29 bits per heavy atom. The highest BCUT2D eigenvalue weighted by Gasteiger charge is 2.43. The highest BCUT2D eigenvalue weighted by molar-refractivity contribution is 7.80. The van der Waals surface area contributed by atoms with E-state index < -0.39 is 12.0 Å². The Morgan fingerprint density at radius 1 is 0.974 bits per heavy atom. The fourth-order valence-corrected chi connectivity index (χ4v) is 4.66. The molecular formula is C29H29N3O5S. The van der Waals surface area contributed by atoms with Crippen LogP contribution in [0.25, 0.3) is 0 Å². The third-order valence-corrected chi connectivity index (χ3v) is 6.61. The fourth-order valence-electron chi connectivity index (χ4n) is 4.24. The van der Waals surface area contributed by atoms with Crippen molar-refractivity contribution in [1.82, 2.24) is 4.90 Å². The summed E-state index contributed by atoms with van der Waals surface area (Å²) in [6.45, 7) is 2.50. The van der Waals surface area contributed by atoms with E-state index in [1.807, 2.05) is 35.2 Å². The van der Waals surface area contributed by atoms with E-state index in [0.29, 0.717) is 40.8 Å². The monoisotopic (exact) mass is 531 g/mol. The van der Waals surface area contributed by atoms with Crippen molar-refractivity contribution < 1.29 is 23.9 Å². The average molecular weight is 532 g/mol. The van der Waals surface area contributed by atoms with Crippen LogP contribution in [-0.4, -0.2) is 54.1 Å². The molecule has 0 bridgehead atoms. The van der Waals surface area contributed by atoms with E-state index in [1.54, 1.807) is 62.6 Å². The van der Waals surface area contributed by atoms with Crippen LogP contribution in [0, 0.1) is 0 Å². The maximum Gasteiger partial charge on any atom is 0.338 e. The Labute approximate surface area is 227 Å². The maximum atomic E-state index is 13.6. The number of carbonyl (C=O) groups excluding carboxylic acids is 3. The molecule has 9 heteroatoms. The summed E-state index contributed by atoms with van der Waals surface area (Å²) in [4.78, 5) is 41.8. The Bertz CT molecular complexity index is 1300. The van der Waals surface area contributed by atoms with Gasteiger partial charge in [-0.05, 0) is 79.7 Å². The standard InChI is InChI=1S/C29H29N3O5S/c1-3-37-28(35)21-9-11-22(12-10-21)30-26(33)19-25-27(34)32(23-13-15-24(36-2)16-14-23)29(38)31(25)18-17-20-7-5-4-6-8-20/h4-16,25H,3,17-19H2,1-2H3,(H,30,33). The molecule has 0 aliphatic carbocycles. The fraction of sp³-hybridized carbons (Fsp3) is 0.241. The van der Waals surface area contributed by atoms with Crippen LogP contribution in [0.1, 0.15) is 29.3 Å². The zero-order valence-electron chi connectivity index (χ0n) is 21.3. The van der Waals surface area contributed by atoms with Crippen LogP contribution in [0.4, 0.5) is 11.4 Å². The predicted octanol–water partition coefficient (Wildman–Crippen LogP) is 4.45. The van der Waals surface area contributed by atoms with Crippen molar-refractivity contribution in [2.24, 2.45) is 0 Å². The molecule has 1 aliphatic heterocycles. The molecule has 3 aromatic rings. The van der Waals surface area contributed by atoms with Crippen molar-refractivity contribution in [1.29, 1.82) is 0 Å². The molecule has 0 saturated carbocycles. The van der Waals surface area contributed by atoms with Crippen LogP contribution in [0.2, 0.25) is 0 Å². The van der Waals surface area contributed by atoms with Gasteiger partial charge >= 0.3 is 5.97 Å². The molecule has 1 heterocycles. The van der Waals surface area contributed by atoms with Gasteiger partial charge in [-0.25, -0.2) is 4.79 Å². The number of thiocarbonyl (C=S) groups is 1. The molecule has 38 heavy (non-hydrogen) atoms. The van der Waals surface area contributed by atoms with E-state index in [4.69, 9.17) is 21.7 Å². The summed E-state index contributed by atoms with van der Waals surface area (Å²) in [5.74, 6) is -0.363. The number of esters is 1. The summed E-state index contributed by atoms with van der Waals surface area (Å²) in [5, 5.41) is 3.17. The number of nitrogens with one attached hydrogen (secondary N) is 1. The smallest absolute Gasteiger partial charge is 0.338 e. The van der Waals surface area contributed by atoms with E-state index in [-0.39, 0.29) is 24.8 Å². The van der Waals surface area contributed by atoms with Crippen LogP contribution in [0.5, 0.6) is 5.75 Å². The van der Waals surface area contributed by atoms with Gasteiger partial charge in [-0.3, -0.25) is 14.5 Å². The molecule has 0 radical (unpaired) electrons. The highest BCUT2D eigenvalue weighted by Crippen LogP contribution is 2.29. The summed E-state index contributed by atoms with van der Waals surface area (Å²) in [6.07, 6.45) is 0.582. The van der Waals surface area contributed by atoms with E-state index >= 15 is 0 Å². The van der Waals surface area contributed by atoms with Crippen molar-refractivity contribution >= 4 is 46.5 Å².